The lowest BCUT2D eigenvalue weighted by Gasteiger charge is -2.23. The molecule has 4 rings (SSSR count). The van der Waals surface area contributed by atoms with Crippen molar-refractivity contribution in [3.8, 4) is 0 Å². The molecule has 2 unspecified atom stereocenters. The van der Waals surface area contributed by atoms with Crippen molar-refractivity contribution in [2.45, 2.75) is 12.0 Å². The van der Waals surface area contributed by atoms with E-state index < -0.39 is 0 Å². The van der Waals surface area contributed by atoms with E-state index >= 15 is 0 Å². The summed E-state index contributed by atoms with van der Waals surface area (Å²) < 4.78 is 0. The molecule has 2 nitrogen and oxygen atoms in total. The van der Waals surface area contributed by atoms with Crippen LogP contribution < -0.4 is 5.32 Å². The highest BCUT2D eigenvalue weighted by molar-refractivity contribution is 5.80. The van der Waals surface area contributed by atoms with Crippen molar-refractivity contribution in [3.05, 3.63) is 78.0 Å². The second-order valence-electron chi connectivity index (χ2n) is 4.96. The molecule has 0 saturated heterocycles. The van der Waals surface area contributed by atoms with Gasteiger partial charge < -0.3 is 5.32 Å². The summed E-state index contributed by atoms with van der Waals surface area (Å²) in [6.45, 7) is 0. The van der Waals surface area contributed by atoms with Crippen LogP contribution in [0.25, 0.3) is 5.57 Å². The maximum Gasteiger partial charge on any atom is 0.130 e. The van der Waals surface area contributed by atoms with Crippen LogP contribution in [0.3, 0.4) is 0 Å². The van der Waals surface area contributed by atoms with E-state index in [1.165, 1.54) is 16.7 Å². The third-order valence-electron chi connectivity index (χ3n) is 3.87. The van der Waals surface area contributed by atoms with Gasteiger partial charge in [-0.25, -0.2) is 4.98 Å². The molecule has 92 valence electrons. The maximum absolute atomic E-state index is 4.44. The lowest BCUT2D eigenvalue weighted by Crippen LogP contribution is -2.20. The fourth-order valence-electron chi connectivity index (χ4n) is 3.03. The van der Waals surface area contributed by atoms with Gasteiger partial charge in [-0.05, 0) is 17.2 Å². The Bertz CT molecular complexity index is 671. The monoisotopic (exact) mass is 246 g/mol. The second-order valence-corrected chi connectivity index (χ2v) is 4.96. The first-order valence-corrected chi connectivity index (χ1v) is 6.59. The zero-order chi connectivity index (χ0) is 12.7. The zero-order valence-electron chi connectivity index (χ0n) is 10.5. The smallest absolute Gasteiger partial charge is 0.130 e. The summed E-state index contributed by atoms with van der Waals surface area (Å²) in [5.74, 6) is 1.39. The normalized spacial score (nSPS) is 23.3. The predicted octanol–water partition coefficient (Wildman–Crippen LogP) is 3.61. The summed E-state index contributed by atoms with van der Waals surface area (Å²) in [6, 6.07) is 15.1. The van der Waals surface area contributed by atoms with E-state index in [-0.39, 0.29) is 0 Å². The van der Waals surface area contributed by atoms with Crippen molar-refractivity contribution >= 4 is 11.4 Å². The molecular weight excluding hydrogens is 232 g/mol. The molecule has 0 amide bonds. The van der Waals surface area contributed by atoms with Crippen molar-refractivity contribution in [2.75, 3.05) is 5.32 Å². The topological polar surface area (TPSA) is 24.9 Å². The van der Waals surface area contributed by atoms with Gasteiger partial charge in [0.1, 0.15) is 5.82 Å². The lowest BCUT2D eigenvalue weighted by atomic mass is 9.81. The number of hydrogen-bond donors (Lipinski definition) is 1. The number of aromatic nitrogens is 1. The van der Waals surface area contributed by atoms with Crippen molar-refractivity contribution in [2.24, 2.45) is 0 Å². The summed E-state index contributed by atoms with van der Waals surface area (Å²) in [5.41, 5.74) is 3.96. The van der Waals surface area contributed by atoms with E-state index in [1.54, 1.807) is 0 Å². The Kier molecular flexibility index (Phi) is 2.27. The molecule has 1 aliphatic carbocycles. The molecule has 0 bridgehead atoms. The van der Waals surface area contributed by atoms with Gasteiger partial charge in [-0.3, -0.25) is 0 Å². The van der Waals surface area contributed by atoms with Crippen LogP contribution in [-0.4, -0.2) is 11.0 Å². The number of fused-ring (bicyclic) bond motifs is 3. The second kappa shape index (κ2) is 4.09. The van der Waals surface area contributed by atoms with Crippen molar-refractivity contribution in [1.29, 1.82) is 0 Å². The Hall–Kier alpha value is -2.35. The highest BCUT2D eigenvalue weighted by Gasteiger charge is 2.35. The van der Waals surface area contributed by atoms with Crippen molar-refractivity contribution in [3.63, 3.8) is 0 Å². The van der Waals surface area contributed by atoms with Crippen LogP contribution in [0.2, 0.25) is 0 Å². The fourth-order valence-corrected chi connectivity index (χ4v) is 3.03. The maximum atomic E-state index is 4.44. The average molecular weight is 246 g/mol. The number of anilines is 1. The fraction of sp³-hybridized carbons (Fsp3) is 0.118. The van der Waals surface area contributed by atoms with Gasteiger partial charge in [0.05, 0.1) is 6.04 Å². The van der Waals surface area contributed by atoms with E-state index in [1.807, 2.05) is 12.3 Å². The standard InChI is InChI=1S/C17H14N2/c1-2-6-12(7-3-1)13-8-4-10-15-16(13)14-9-5-11-18-17(14)19-15/h1-11,15-16H,(H,18,19). The number of benzene rings is 1. The summed E-state index contributed by atoms with van der Waals surface area (Å²) >= 11 is 0. The van der Waals surface area contributed by atoms with Gasteiger partial charge >= 0.3 is 0 Å². The van der Waals surface area contributed by atoms with E-state index in [2.05, 4.69) is 64.9 Å². The number of nitrogens with one attached hydrogen (secondary N) is 1. The Labute approximate surface area is 112 Å². The van der Waals surface area contributed by atoms with Crippen molar-refractivity contribution in [1.82, 2.24) is 4.98 Å². The van der Waals surface area contributed by atoms with Gasteiger partial charge in [0, 0.05) is 17.7 Å². The highest BCUT2D eigenvalue weighted by atomic mass is 15.0. The van der Waals surface area contributed by atoms with Gasteiger partial charge in [-0.2, -0.15) is 0 Å². The molecule has 2 atom stereocenters. The number of hydrogen-bond acceptors (Lipinski definition) is 2. The highest BCUT2D eigenvalue weighted by Crippen LogP contribution is 2.45. The molecule has 1 N–H and O–H groups in total. The summed E-state index contributed by atoms with van der Waals surface area (Å²) in [5, 5.41) is 3.50. The van der Waals surface area contributed by atoms with Crippen LogP contribution in [0.5, 0.6) is 0 Å². The van der Waals surface area contributed by atoms with Crippen LogP contribution in [0.15, 0.2) is 66.9 Å². The van der Waals surface area contributed by atoms with Crippen molar-refractivity contribution < 1.29 is 0 Å². The van der Waals surface area contributed by atoms with Gasteiger partial charge in [0.25, 0.3) is 0 Å². The van der Waals surface area contributed by atoms with E-state index in [0.29, 0.717) is 12.0 Å². The Balaban J connectivity index is 1.85. The third kappa shape index (κ3) is 1.60. The molecule has 0 spiro atoms. The zero-order valence-corrected chi connectivity index (χ0v) is 10.5. The SMILES string of the molecule is C1=CC2Nc3ncccc3C2C(c2ccccc2)=C1. The minimum atomic E-state index is 0.324. The van der Waals surface area contributed by atoms with Gasteiger partial charge in [0.2, 0.25) is 0 Å². The van der Waals surface area contributed by atoms with Crippen LogP contribution in [0.4, 0.5) is 5.82 Å². The van der Waals surface area contributed by atoms with E-state index in [0.717, 1.165) is 5.82 Å². The number of pyridine rings is 1. The predicted molar refractivity (Wildman–Crippen MR) is 77.9 cm³/mol. The quantitative estimate of drug-likeness (QED) is 0.831. The number of allylic oxidation sites excluding steroid dienone is 2. The lowest BCUT2D eigenvalue weighted by molar-refractivity contribution is 0.822. The summed E-state index contributed by atoms with van der Waals surface area (Å²) in [6.07, 6.45) is 8.43. The van der Waals surface area contributed by atoms with Crippen LogP contribution in [0.1, 0.15) is 17.0 Å². The largest absolute Gasteiger partial charge is 0.363 e. The van der Waals surface area contributed by atoms with Crippen LogP contribution >= 0.6 is 0 Å². The minimum Gasteiger partial charge on any atom is -0.363 e. The number of rotatable bonds is 1. The molecule has 2 heterocycles. The number of nitrogens with zero attached hydrogens (tertiary/aromatic N) is 1. The molecule has 0 radical (unpaired) electrons. The molecule has 2 aromatic rings. The molecule has 2 aliphatic rings. The third-order valence-corrected chi connectivity index (χ3v) is 3.87. The summed E-state index contributed by atoms with van der Waals surface area (Å²) in [4.78, 5) is 4.44. The molecular formula is C17H14N2. The van der Waals surface area contributed by atoms with E-state index in [4.69, 9.17) is 0 Å². The molecule has 0 fully saturated rings. The molecule has 19 heavy (non-hydrogen) atoms. The molecule has 2 heteroatoms. The molecule has 0 saturated carbocycles. The first-order chi connectivity index (χ1) is 9.43. The Morgan fingerprint density at radius 1 is 1.00 bits per heavy atom. The molecule has 1 aromatic carbocycles. The minimum absolute atomic E-state index is 0.324. The summed E-state index contributed by atoms with van der Waals surface area (Å²) in [7, 11) is 0. The molecule has 1 aromatic heterocycles. The first kappa shape index (κ1) is 10.6. The Morgan fingerprint density at radius 2 is 1.89 bits per heavy atom. The first-order valence-electron chi connectivity index (χ1n) is 6.59. The molecule has 1 aliphatic heterocycles. The Morgan fingerprint density at radius 3 is 2.79 bits per heavy atom. The van der Waals surface area contributed by atoms with E-state index in [9.17, 15) is 0 Å². The average Bonchev–Trinajstić information content (AvgIpc) is 2.86. The van der Waals surface area contributed by atoms with Crippen LogP contribution in [0, 0.1) is 0 Å². The van der Waals surface area contributed by atoms with Gasteiger partial charge in [-0.15, -0.1) is 0 Å². The van der Waals surface area contributed by atoms with Crippen LogP contribution in [-0.2, 0) is 0 Å². The van der Waals surface area contributed by atoms with Gasteiger partial charge in [-0.1, -0.05) is 54.6 Å². The van der Waals surface area contributed by atoms with Gasteiger partial charge in [0.15, 0.2) is 0 Å².